The van der Waals surface area contributed by atoms with E-state index >= 15 is 0 Å². The normalized spacial score (nSPS) is 12.0. The number of carbonyl (C=O) groups is 1. The van der Waals surface area contributed by atoms with Crippen LogP contribution in [0.2, 0.25) is 0 Å². The molecule has 1 atom stereocenters. The summed E-state index contributed by atoms with van der Waals surface area (Å²) in [6, 6.07) is 15.6. The third kappa shape index (κ3) is 4.83. The zero-order valence-electron chi connectivity index (χ0n) is 21.3. The second-order valence-corrected chi connectivity index (χ2v) is 9.14. The molecule has 0 fully saturated rings. The van der Waals surface area contributed by atoms with Crippen molar-refractivity contribution >= 4 is 22.6 Å². The molecule has 0 radical (unpaired) electrons. The molecule has 2 aromatic carbocycles. The number of pyridine rings is 1. The number of rotatable bonds is 7. The van der Waals surface area contributed by atoms with Gasteiger partial charge in [0.1, 0.15) is 5.82 Å². The lowest BCUT2D eigenvalue weighted by Crippen LogP contribution is -2.38. The van der Waals surface area contributed by atoms with Gasteiger partial charge in [0.25, 0.3) is 5.56 Å². The first kappa shape index (κ1) is 25.0. The Balaban J connectivity index is 1.57. The summed E-state index contributed by atoms with van der Waals surface area (Å²) in [5.41, 5.74) is 4.36. The maximum absolute atomic E-state index is 13.8. The van der Waals surface area contributed by atoms with E-state index in [1.165, 1.54) is 12.1 Å². The van der Waals surface area contributed by atoms with E-state index in [2.05, 4.69) is 20.6 Å². The predicted molar refractivity (Wildman–Crippen MR) is 146 cm³/mol. The molecule has 1 amide bonds. The van der Waals surface area contributed by atoms with Crippen LogP contribution in [0.5, 0.6) is 0 Å². The van der Waals surface area contributed by atoms with E-state index in [9.17, 15) is 14.0 Å². The van der Waals surface area contributed by atoms with Gasteiger partial charge >= 0.3 is 0 Å². The van der Waals surface area contributed by atoms with Crippen LogP contribution in [-0.4, -0.2) is 38.1 Å². The van der Waals surface area contributed by atoms with E-state index < -0.39 is 11.6 Å². The van der Waals surface area contributed by atoms with Crippen LogP contribution in [-0.2, 0) is 11.3 Å². The van der Waals surface area contributed by atoms with Crippen LogP contribution in [0.15, 0.2) is 84.2 Å². The van der Waals surface area contributed by atoms with Crippen molar-refractivity contribution in [3.63, 3.8) is 0 Å². The monoisotopic (exact) mass is 510 g/mol. The molecule has 2 N–H and O–H groups in total. The van der Waals surface area contributed by atoms with Gasteiger partial charge in [0.2, 0.25) is 5.91 Å². The molecule has 3 aromatic heterocycles. The average molecular weight is 511 g/mol. The zero-order chi connectivity index (χ0) is 26.8. The van der Waals surface area contributed by atoms with Crippen molar-refractivity contribution in [1.82, 2.24) is 24.4 Å². The number of likely N-dealkylation sites (N-methyl/N-ethyl adjacent to an activating group) is 1. The number of aromatic nitrogens is 4. The fraction of sp³-hybridized carbons (Fsp3) is 0.172. The van der Waals surface area contributed by atoms with Crippen molar-refractivity contribution in [1.29, 1.82) is 0 Å². The molecule has 0 aliphatic carbocycles. The van der Waals surface area contributed by atoms with Gasteiger partial charge in [-0.25, -0.2) is 9.37 Å². The van der Waals surface area contributed by atoms with E-state index in [4.69, 9.17) is 0 Å². The molecule has 192 valence electrons. The standard InChI is InChI=1S/C29H27FN6O2/c1-18-16-35(25-10-9-22(30)12-24(18)25)23-11-20(13-32-14-23)17-36-26(21-7-5-4-6-8-21)15-33-27(29(36)38)34-28(37)19(2)31-3/h4-16,19,31H,17H2,1-3H3,(H,33,34,37)/t19-/m0/s1. The van der Waals surface area contributed by atoms with Crippen molar-refractivity contribution in [3.05, 3.63) is 107 Å². The molecule has 0 aliphatic heterocycles. The Morgan fingerprint density at radius 1 is 1.08 bits per heavy atom. The van der Waals surface area contributed by atoms with Crippen LogP contribution in [0.4, 0.5) is 10.2 Å². The van der Waals surface area contributed by atoms with Crippen LogP contribution < -0.4 is 16.2 Å². The summed E-state index contributed by atoms with van der Waals surface area (Å²) in [6.45, 7) is 3.83. The Morgan fingerprint density at radius 2 is 1.87 bits per heavy atom. The van der Waals surface area contributed by atoms with Gasteiger partial charge in [-0.2, -0.15) is 0 Å². The smallest absolute Gasteiger partial charge is 0.294 e. The number of benzene rings is 2. The molecular weight excluding hydrogens is 483 g/mol. The third-order valence-corrected chi connectivity index (χ3v) is 6.56. The molecule has 0 saturated heterocycles. The Bertz CT molecular complexity index is 1690. The average Bonchev–Trinajstić information content (AvgIpc) is 3.26. The van der Waals surface area contributed by atoms with Gasteiger partial charge in [0, 0.05) is 17.8 Å². The molecule has 0 bridgehead atoms. The largest absolute Gasteiger partial charge is 0.315 e. The summed E-state index contributed by atoms with van der Waals surface area (Å²) >= 11 is 0. The number of fused-ring (bicyclic) bond motifs is 1. The van der Waals surface area contributed by atoms with Crippen molar-refractivity contribution in [2.24, 2.45) is 0 Å². The minimum Gasteiger partial charge on any atom is -0.315 e. The van der Waals surface area contributed by atoms with Crippen LogP contribution >= 0.6 is 0 Å². The van der Waals surface area contributed by atoms with Gasteiger partial charge < -0.3 is 15.2 Å². The lowest BCUT2D eigenvalue weighted by molar-refractivity contribution is -0.117. The maximum Gasteiger partial charge on any atom is 0.294 e. The second-order valence-electron chi connectivity index (χ2n) is 9.14. The number of hydrogen-bond acceptors (Lipinski definition) is 5. The van der Waals surface area contributed by atoms with Crippen molar-refractivity contribution in [3.8, 4) is 16.9 Å². The number of anilines is 1. The van der Waals surface area contributed by atoms with Crippen LogP contribution in [0.1, 0.15) is 18.1 Å². The minimum absolute atomic E-state index is 0.0463. The van der Waals surface area contributed by atoms with Crippen LogP contribution in [0, 0.1) is 12.7 Å². The third-order valence-electron chi connectivity index (χ3n) is 6.56. The predicted octanol–water partition coefficient (Wildman–Crippen LogP) is 4.29. The highest BCUT2D eigenvalue weighted by atomic mass is 19.1. The molecule has 0 saturated carbocycles. The number of nitrogens with zero attached hydrogens (tertiary/aromatic N) is 4. The quantitative estimate of drug-likeness (QED) is 0.341. The molecular formula is C29H27FN6O2. The van der Waals surface area contributed by atoms with E-state index in [-0.39, 0.29) is 24.1 Å². The molecule has 0 spiro atoms. The lowest BCUT2D eigenvalue weighted by atomic mass is 10.1. The molecule has 5 rings (SSSR count). The summed E-state index contributed by atoms with van der Waals surface area (Å²) in [5, 5.41) is 6.31. The minimum atomic E-state index is -0.493. The van der Waals surface area contributed by atoms with Crippen molar-refractivity contribution < 1.29 is 9.18 Å². The van der Waals surface area contributed by atoms with E-state index in [0.29, 0.717) is 5.69 Å². The zero-order valence-corrected chi connectivity index (χ0v) is 21.3. The summed E-state index contributed by atoms with van der Waals surface area (Å²) in [4.78, 5) is 34.7. The highest BCUT2D eigenvalue weighted by Gasteiger charge is 2.18. The van der Waals surface area contributed by atoms with E-state index in [1.807, 2.05) is 54.1 Å². The van der Waals surface area contributed by atoms with E-state index in [0.717, 1.165) is 33.3 Å². The number of amides is 1. The fourth-order valence-corrected chi connectivity index (χ4v) is 4.38. The molecule has 5 aromatic rings. The summed E-state index contributed by atoms with van der Waals surface area (Å²) in [6.07, 6.45) is 6.95. The van der Waals surface area contributed by atoms with Crippen LogP contribution in [0.25, 0.3) is 27.8 Å². The number of carbonyl (C=O) groups excluding carboxylic acids is 1. The summed E-state index contributed by atoms with van der Waals surface area (Å²) < 4.78 is 17.4. The molecule has 0 aliphatic rings. The van der Waals surface area contributed by atoms with Gasteiger partial charge in [0.05, 0.1) is 41.9 Å². The lowest BCUT2D eigenvalue weighted by Gasteiger charge is -2.16. The first-order valence-electron chi connectivity index (χ1n) is 12.2. The molecule has 3 heterocycles. The number of aryl methyl sites for hydroxylation is 1. The van der Waals surface area contributed by atoms with Gasteiger partial charge in [-0.05, 0) is 61.9 Å². The van der Waals surface area contributed by atoms with Gasteiger partial charge in [-0.15, -0.1) is 0 Å². The number of nitrogens with one attached hydrogen (secondary N) is 2. The Labute approximate surface area is 218 Å². The Kier molecular flexibility index (Phi) is 6.85. The van der Waals surface area contributed by atoms with Gasteiger partial charge in [-0.3, -0.25) is 19.1 Å². The molecule has 8 nitrogen and oxygen atoms in total. The molecule has 0 unspecified atom stereocenters. The topological polar surface area (TPSA) is 93.8 Å². The summed E-state index contributed by atoms with van der Waals surface area (Å²) in [5.74, 6) is -0.691. The fourth-order valence-electron chi connectivity index (χ4n) is 4.38. The first-order valence-corrected chi connectivity index (χ1v) is 12.2. The maximum atomic E-state index is 13.8. The first-order chi connectivity index (χ1) is 18.4. The molecule has 38 heavy (non-hydrogen) atoms. The highest BCUT2D eigenvalue weighted by molar-refractivity contribution is 5.93. The Hall–Kier alpha value is -4.63. The number of halogens is 1. The van der Waals surface area contributed by atoms with Gasteiger partial charge in [0.15, 0.2) is 5.82 Å². The molecule has 9 heteroatoms. The highest BCUT2D eigenvalue weighted by Crippen LogP contribution is 2.26. The van der Waals surface area contributed by atoms with Crippen LogP contribution in [0.3, 0.4) is 0 Å². The number of hydrogen-bond donors (Lipinski definition) is 2. The van der Waals surface area contributed by atoms with Crippen molar-refractivity contribution in [2.45, 2.75) is 26.4 Å². The second kappa shape index (κ2) is 10.4. The van der Waals surface area contributed by atoms with Gasteiger partial charge in [-0.1, -0.05) is 30.3 Å². The Morgan fingerprint density at radius 3 is 2.63 bits per heavy atom. The SMILES string of the molecule is CN[C@@H](C)C(=O)Nc1ncc(-c2ccccc2)n(Cc2cncc(-n3cc(C)c4cc(F)ccc43)c2)c1=O. The van der Waals surface area contributed by atoms with Crippen molar-refractivity contribution in [2.75, 3.05) is 12.4 Å². The van der Waals surface area contributed by atoms with E-state index in [1.54, 1.807) is 43.2 Å². The summed E-state index contributed by atoms with van der Waals surface area (Å²) in [7, 11) is 1.67.